The van der Waals surface area contributed by atoms with Gasteiger partial charge in [0.15, 0.2) is 0 Å². The normalized spacial score (nSPS) is 15.7. The predicted octanol–water partition coefficient (Wildman–Crippen LogP) is 4.49. The van der Waals surface area contributed by atoms with E-state index < -0.39 is 21.7 Å². The maximum Gasteiger partial charge on any atom is 0.333 e. The third-order valence-electron chi connectivity index (χ3n) is 4.87. The van der Waals surface area contributed by atoms with Crippen molar-refractivity contribution in [2.24, 2.45) is 0 Å². The number of rotatable bonds is 6. The highest BCUT2D eigenvalue weighted by molar-refractivity contribution is 7.92. The number of para-hydroxylation sites is 1. The number of carbonyl (C=O) groups is 1. The van der Waals surface area contributed by atoms with Crippen LogP contribution in [-0.4, -0.2) is 19.6 Å². The van der Waals surface area contributed by atoms with E-state index in [4.69, 9.17) is 0 Å². The number of carbonyl (C=O) groups excluding carboxylic acids is 1. The molecule has 1 aliphatic rings. The number of hydrogen-bond donors (Lipinski definition) is 3. The van der Waals surface area contributed by atoms with Crippen molar-refractivity contribution in [1.29, 1.82) is 0 Å². The van der Waals surface area contributed by atoms with Gasteiger partial charge < -0.3 is 10.4 Å². The van der Waals surface area contributed by atoms with Gasteiger partial charge in [0, 0.05) is 10.6 Å². The molecule has 0 unspecified atom stereocenters. The van der Waals surface area contributed by atoms with E-state index >= 15 is 0 Å². The van der Waals surface area contributed by atoms with Crippen molar-refractivity contribution in [3.05, 3.63) is 46.3 Å². The molecule has 3 rings (SSSR count). The fourth-order valence-corrected chi connectivity index (χ4v) is 5.45. The van der Waals surface area contributed by atoms with Crippen LogP contribution in [0, 0.1) is 0 Å². The molecule has 1 fully saturated rings. The third-order valence-corrected chi connectivity index (χ3v) is 7.97. The van der Waals surface area contributed by atoms with Crippen LogP contribution in [0.3, 0.4) is 0 Å². The predicted molar refractivity (Wildman–Crippen MR) is 111 cm³/mol. The molecule has 8 heteroatoms. The van der Waals surface area contributed by atoms with Gasteiger partial charge in [0.25, 0.3) is 10.0 Å². The summed E-state index contributed by atoms with van der Waals surface area (Å²) in [6.07, 6.45) is 1.26. The third kappa shape index (κ3) is 4.24. The second-order valence-electron chi connectivity index (χ2n) is 7.83. The standard InChI is InChI=1S/C20H26N2O4S2/c1-12(2)14-6-5-7-15(13(3)4)18(14)21-19(23)22-28(25,26)17-9-8-16(27-17)20(24)10-11-20/h5-9,12-13,24H,10-11H2,1-4H3,(H2,21,22,23). The van der Waals surface area contributed by atoms with Crippen LogP contribution in [0.2, 0.25) is 0 Å². The molecule has 1 aliphatic carbocycles. The summed E-state index contributed by atoms with van der Waals surface area (Å²) in [5, 5.41) is 12.9. The number of nitrogens with one attached hydrogen (secondary N) is 2. The molecule has 3 N–H and O–H groups in total. The van der Waals surface area contributed by atoms with E-state index in [1.807, 2.05) is 45.9 Å². The maximum absolute atomic E-state index is 12.6. The lowest BCUT2D eigenvalue weighted by Crippen LogP contribution is -2.34. The summed E-state index contributed by atoms with van der Waals surface area (Å²) in [6.45, 7) is 8.09. The number of amides is 2. The first-order chi connectivity index (χ1) is 13.0. The van der Waals surface area contributed by atoms with E-state index in [9.17, 15) is 18.3 Å². The van der Waals surface area contributed by atoms with Crippen LogP contribution in [0.4, 0.5) is 10.5 Å². The Morgan fingerprint density at radius 3 is 2.14 bits per heavy atom. The molecule has 1 saturated carbocycles. The Kier molecular flexibility index (Phi) is 5.58. The quantitative estimate of drug-likeness (QED) is 0.639. The molecule has 0 atom stereocenters. The molecule has 0 aliphatic heterocycles. The van der Waals surface area contributed by atoms with Crippen molar-refractivity contribution in [1.82, 2.24) is 4.72 Å². The number of sulfonamides is 1. The van der Waals surface area contributed by atoms with Gasteiger partial charge in [-0.15, -0.1) is 11.3 Å². The van der Waals surface area contributed by atoms with E-state index in [0.717, 1.165) is 22.5 Å². The molecule has 1 aromatic heterocycles. The number of benzene rings is 1. The lowest BCUT2D eigenvalue weighted by Gasteiger charge is -2.20. The lowest BCUT2D eigenvalue weighted by molar-refractivity contribution is 0.155. The Morgan fingerprint density at radius 1 is 1.07 bits per heavy atom. The van der Waals surface area contributed by atoms with Crippen LogP contribution >= 0.6 is 11.3 Å². The first-order valence-corrected chi connectivity index (χ1v) is 11.6. The molecule has 1 aromatic carbocycles. The van der Waals surface area contributed by atoms with Crippen molar-refractivity contribution < 1.29 is 18.3 Å². The molecule has 0 bridgehead atoms. The van der Waals surface area contributed by atoms with Crippen LogP contribution in [0.25, 0.3) is 0 Å². The zero-order chi connectivity index (χ0) is 20.7. The second-order valence-corrected chi connectivity index (χ2v) is 10.8. The van der Waals surface area contributed by atoms with Gasteiger partial charge in [0.2, 0.25) is 0 Å². The zero-order valence-electron chi connectivity index (χ0n) is 16.4. The topological polar surface area (TPSA) is 95.5 Å². The lowest BCUT2D eigenvalue weighted by atomic mass is 9.93. The fourth-order valence-electron chi connectivity index (χ4n) is 3.09. The second kappa shape index (κ2) is 7.50. The number of aliphatic hydroxyl groups is 1. The summed E-state index contributed by atoms with van der Waals surface area (Å²) in [6, 6.07) is 8.04. The Bertz CT molecular complexity index is 963. The summed E-state index contributed by atoms with van der Waals surface area (Å²) >= 11 is 0.993. The van der Waals surface area contributed by atoms with Crippen molar-refractivity contribution >= 4 is 33.1 Å². The molecule has 0 radical (unpaired) electrons. The van der Waals surface area contributed by atoms with E-state index in [0.29, 0.717) is 23.4 Å². The summed E-state index contributed by atoms with van der Waals surface area (Å²) in [4.78, 5) is 13.1. The number of urea groups is 1. The molecule has 28 heavy (non-hydrogen) atoms. The largest absolute Gasteiger partial charge is 0.384 e. The molecule has 2 amide bonds. The Morgan fingerprint density at radius 2 is 1.64 bits per heavy atom. The first kappa shape index (κ1) is 20.8. The van der Waals surface area contributed by atoms with Crippen LogP contribution in [-0.2, 0) is 15.6 Å². The van der Waals surface area contributed by atoms with Crippen LogP contribution in [0.5, 0.6) is 0 Å². The zero-order valence-corrected chi connectivity index (χ0v) is 18.1. The average molecular weight is 423 g/mol. The van der Waals surface area contributed by atoms with Gasteiger partial charge in [0.1, 0.15) is 4.21 Å². The van der Waals surface area contributed by atoms with Crippen LogP contribution < -0.4 is 10.0 Å². The minimum Gasteiger partial charge on any atom is -0.384 e. The van der Waals surface area contributed by atoms with Gasteiger partial charge in [-0.3, -0.25) is 0 Å². The molecule has 152 valence electrons. The van der Waals surface area contributed by atoms with Crippen molar-refractivity contribution in [2.45, 2.75) is 62.2 Å². The van der Waals surface area contributed by atoms with Gasteiger partial charge >= 0.3 is 6.03 Å². The average Bonchev–Trinajstić information content (AvgIpc) is 3.14. The molecule has 0 saturated heterocycles. The van der Waals surface area contributed by atoms with Gasteiger partial charge in [-0.1, -0.05) is 45.9 Å². The highest BCUT2D eigenvalue weighted by atomic mass is 32.2. The van der Waals surface area contributed by atoms with E-state index in [1.54, 1.807) is 6.07 Å². The van der Waals surface area contributed by atoms with Crippen molar-refractivity contribution in [3.63, 3.8) is 0 Å². The minimum absolute atomic E-state index is 0.0132. The number of anilines is 1. The van der Waals surface area contributed by atoms with Crippen LogP contribution in [0.15, 0.2) is 34.5 Å². The molecular weight excluding hydrogens is 396 g/mol. The SMILES string of the molecule is CC(C)c1cccc(C(C)C)c1NC(=O)NS(=O)(=O)c1ccc(C2(O)CC2)s1. The smallest absolute Gasteiger partial charge is 0.333 e. The minimum atomic E-state index is -4.01. The Balaban J connectivity index is 1.81. The first-order valence-electron chi connectivity index (χ1n) is 9.33. The molecule has 0 spiro atoms. The van der Waals surface area contributed by atoms with Gasteiger partial charge in [-0.05, 0) is 47.9 Å². The van der Waals surface area contributed by atoms with Crippen molar-refractivity contribution in [3.8, 4) is 0 Å². The van der Waals surface area contributed by atoms with Crippen LogP contribution in [0.1, 0.15) is 68.4 Å². The van der Waals surface area contributed by atoms with E-state index in [-0.39, 0.29) is 16.0 Å². The Hall–Kier alpha value is -1.90. The highest BCUT2D eigenvalue weighted by Gasteiger charge is 2.44. The molecule has 2 aromatic rings. The van der Waals surface area contributed by atoms with Gasteiger partial charge in [0.05, 0.1) is 5.60 Å². The maximum atomic E-state index is 12.6. The number of thiophene rings is 1. The highest BCUT2D eigenvalue weighted by Crippen LogP contribution is 2.48. The Labute approximate surface area is 170 Å². The monoisotopic (exact) mass is 422 g/mol. The molecular formula is C20H26N2O4S2. The fraction of sp³-hybridized carbons (Fsp3) is 0.450. The van der Waals surface area contributed by atoms with E-state index in [2.05, 4.69) is 10.0 Å². The van der Waals surface area contributed by atoms with Gasteiger partial charge in [-0.25, -0.2) is 17.9 Å². The molecule has 6 nitrogen and oxygen atoms in total. The summed E-state index contributed by atoms with van der Waals surface area (Å²) < 4.78 is 27.3. The van der Waals surface area contributed by atoms with E-state index in [1.165, 1.54) is 6.07 Å². The summed E-state index contributed by atoms with van der Waals surface area (Å²) in [5.41, 5.74) is 1.66. The molecule has 1 heterocycles. The summed E-state index contributed by atoms with van der Waals surface area (Å²) in [7, 11) is -4.01. The number of hydrogen-bond acceptors (Lipinski definition) is 5. The van der Waals surface area contributed by atoms with Gasteiger partial charge in [-0.2, -0.15) is 0 Å². The van der Waals surface area contributed by atoms with Crippen molar-refractivity contribution in [2.75, 3.05) is 5.32 Å². The summed E-state index contributed by atoms with van der Waals surface area (Å²) in [5.74, 6) is 0.342.